The maximum absolute atomic E-state index is 10.7. The highest BCUT2D eigenvalue weighted by Gasteiger charge is 2.55. The van der Waals surface area contributed by atoms with E-state index in [0.717, 1.165) is 0 Å². The summed E-state index contributed by atoms with van der Waals surface area (Å²) >= 11 is 11.0. The predicted octanol–water partition coefficient (Wildman–Crippen LogP) is 1.06. The summed E-state index contributed by atoms with van der Waals surface area (Å²) in [4.78, 5) is 21.1. The van der Waals surface area contributed by atoms with Gasteiger partial charge in [0.05, 0.1) is 6.42 Å². The lowest BCUT2D eigenvalue weighted by Crippen LogP contribution is -2.54. The van der Waals surface area contributed by atoms with Gasteiger partial charge in [0.15, 0.2) is 5.78 Å². The molecular weight excluding hydrogens is 191 g/mol. The van der Waals surface area contributed by atoms with Crippen LogP contribution >= 0.6 is 23.2 Å². The lowest BCUT2D eigenvalue weighted by atomic mass is 9.92. The molecule has 0 aromatic heterocycles. The fraction of sp³-hybridized carbons (Fsp3) is 0.667. The number of Topliss-reactive ketones (excluding diaryl/α,β-unsaturated/α-hetero) is 1. The van der Waals surface area contributed by atoms with Crippen LogP contribution in [0.4, 0.5) is 0 Å². The van der Waals surface area contributed by atoms with Crippen molar-refractivity contribution in [3.63, 3.8) is 0 Å². The molecule has 0 aliphatic heterocycles. The van der Waals surface area contributed by atoms with Crippen LogP contribution in [0, 0.1) is 0 Å². The molecule has 0 radical (unpaired) electrons. The molecule has 0 aromatic carbocycles. The summed E-state index contributed by atoms with van der Waals surface area (Å²) < 4.78 is 3.14. The Balaban J connectivity index is 2.53. The molecule has 1 saturated carbocycles. The Morgan fingerprint density at radius 2 is 2.27 bits per heavy atom. The first kappa shape index (κ1) is 8.81. The SMILES string of the molecule is CC(=O)OC1CC(=O)C1(Cl)Cl. The van der Waals surface area contributed by atoms with Crippen LogP contribution in [0.5, 0.6) is 0 Å². The first-order valence-electron chi connectivity index (χ1n) is 3.03. The number of carbonyl (C=O) groups excluding carboxylic acids is 2. The van der Waals surface area contributed by atoms with Crippen molar-refractivity contribution in [3.8, 4) is 0 Å². The van der Waals surface area contributed by atoms with Crippen molar-refractivity contribution in [1.82, 2.24) is 0 Å². The Kier molecular flexibility index (Phi) is 2.12. The molecule has 0 aromatic rings. The van der Waals surface area contributed by atoms with Gasteiger partial charge in [0, 0.05) is 6.92 Å². The molecule has 1 unspecified atom stereocenters. The number of alkyl halides is 2. The third kappa shape index (κ3) is 1.49. The van der Waals surface area contributed by atoms with Crippen LogP contribution in [0.25, 0.3) is 0 Å². The van der Waals surface area contributed by atoms with E-state index in [-0.39, 0.29) is 12.2 Å². The fourth-order valence-electron chi connectivity index (χ4n) is 0.797. The quantitative estimate of drug-likeness (QED) is 0.466. The zero-order chi connectivity index (χ0) is 8.65. The molecule has 5 heteroatoms. The molecular formula is C6H6Cl2O3. The number of halogens is 2. The summed E-state index contributed by atoms with van der Waals surface area (Å²) in [5.41, 5.74) is 0. The average molecular weight is 197 g/mol. The lowest BCUT2D eigenvalue weighted by Gasteiger charge is -2.36. The maximum atomic E-state index is 10.7. The summed E-state index contributed by atoms with van der Waals surface area (Å²) in [5.74, 6) is -0.778. The van der Waals surface area contributed by atoms with Gasteiger partial charge in [-0.05, 0) is 0 Å². The molecule has 0 saturated heterocycles. The summed E-state index contributed by atoms with van der Waals surface area (Å²) in [6.07, 6.45) is -0.553. The number of carbonyl (C=O) groups is 2. The molecule has 0 N–H and O–H groups in total. The first-order valence-corrected chi connectivity index (χ1v) is 3.78. The molecule has 0 spiro atoms. The molecule has 11 heavy (non-hydrogen) atoms. The maximum Gasteiger partial charge on any atom is 0.303 e. The minimum atomic E-state index is -1.51. The van der Waals surface area contributed by atoms with E-state index in [4.69, 9.17) is 23.2 Å². The second kappa shape index (κ2) is 2.64. The van der Waals surface area contributed by atoms with Gasteiger partial charge in [-0.15, -0.1) is 0 Å². The van der Waals surface area contributed by atoms with Crippen LogP contribution in [-0.2, 0) is 14.3 Å². The van der Waals surface area contributed by atoms with Crippen LogP contribution in [0.3, 0.4) is 0 Å². The third-order valence-corrected chi connectivity index (χ3v) is 2.36. The summed E-state index contributed by atoms with van der Waals surface area (Å²) in [7, 11) is 0. The van der Waals surface area contributed by atoms with Crippen LogP contribution in [0.15, 0.2) is 0 Å². The highest BCUT2D eigenvalue weighted by molar-refractivity contribution is 6.61. The van der Waals surface area contributed by atoms with Crippen LogP contribution in [-0.4, -0.2) is 22.2 Å². The largest absolute Gasteiger partial charge is 0.458 e. The van der Waals surface area contributed by atoms with E-state index in [1.54, 1.807) is 0 Å². The van der Waals surface area contributed by atoms with Crippen molar-refractivity contribution < 1.29 is 14.3 Å². The minimum Gasteiger partial charge on any atom is -0.458 e. The molecule has 1 aliphatic rings. The highest BCUT2D eigenvalue weighted by atomic mass is 35.5. The summed E-state index contributed by atoms with van der Waals surface area (Å²) in [5, 5.41) is 0. The number of hydrogen-bond donors (Lipinski definition) is 0. The molecule has 1 fully saturated rings. The third-order valence-electron chi connectivity index (χ3n) is 1.46. The van der Waals surface area contributed by atoms with Gasteiger partial charge in [-0.25, -0.2) is 0 Å². The van der Waals surface area contributed by atoms with E-state index in [0.29, 0.717) is 0 Å². The Hall–Kier alpha value is -0.280. The van der Waals surface area contributed by atoms with E-state index in [1.807, 2.05) is 0 Å². The number of ether oxygens (including phenoxy) is 1. The van der Waals surface area contributed by atoms with E-state index in [1.165, 1.54) is 6.92 Å². The molecule has 0 heterocycles. The monoisotopic (exact) mass is 196 g/mol. The van der Waals surface area contributed by atoms with Crippen molar-refractivity contribution in [2.45, 2.75) is 23.8 Å². The zero-order valence-corrected chi connectivity index (χ0v) is 7.28. The normalized spacial score (nSPS) is 27.5. The van der Waals surface area contributed by atoms with Gasteiger partial charge in [-0.3, -0.25) is 9.59 Å². The summed E-state index contributed by atoms with van der Waals surface area (Å²) in [6, 6.07) is 0. The number of ketones is 1. The van der Waals surface area contributed by atoms with Crippen molar-refractivity contribution >= 4 is 35.0 Å². The van der Waals surface area contributed by atoms with Crippen LogP contribution in [0.2, 0.25) is 0 Å². The van der Waals surface area contributed by atoms with Crippen molar-refractivity contribution in [3.05, 3.63) is 0 Å². The van der Waals surface area contributed by atoms with Gasteiger partial charge >= 0.3 is 5.97 Å². The van der Waals surface area contributed by atoms with Crippen LogP contribution < -0.4 is 0 Å². The Morgan fingerprint density at radius 3 is 2.55 bits per heavy atom. The van der Waals surface area contributed by atoms with E-state index >= 15 is 0 Å². The standard InChI is InChI=1S/C6H6Cl2O3/c1-3(9)11-5-2-4(10)6(5,7)8/h5H,2H2,1H3. The second-order valence-corrected chi connectivity index (χ2v) is 3.73. The highest BCUT2D eigenvalue weighted by Crippen LogP contribution is 2.41. The fourth-order valence-corrected chi connectivity index (χ4v) is 1.19. The lowest BCUT2D eigenvalue weighted by molar-refractivity contribution is -0.155. The first-order chi connectivity index (χ1) is 4.94. The predicted molar refractivity (Wildman–Crippen MR) is 39.6 cm³/mol. The number of esters is 1. The Labute approximate surface area is 73.6 Å². The molecule has 1 rings (SSSR count). The molecule has 0 bridgehead atoms. The number of hydrogen-bond acceptors (Lipinski definition) is 3. The van der Waals surface area contributed by atoms with Crippen LogP contribution in [0.1, 0.15) is 13.3 Å². The van der Waals surface area contributed by atoms with Crippen molar-refractivity contribution in [1.29, 1.82) is 0 Å². The molecule has 62 valence electrons. The van der Waals surface area contributed by atoms with Gasteiger partial charge < -0.3 is 4.74 Å². The Bertz CT molecular complexity index is 212. The molecule has 3 nitrogen and oxygen atoms in total. The number of rotatable bonds is 1. The van der Waals surface area contributed by atoms with E-state index in [2.05, 4.69) is 4.74 Å². The zero-order valence-electron chi connectivity index (χ0n) is 5.77. The van der Waals surface area contributed by atoms with Gasteiger partial charge in [0.2, 0.25) is 4.33 Å². The van der Waals surface area contributed by atoms with E-state index in [9.17, 15) is 9.59 Å². The molecule has 1 aliphatic carbocycles. The molecule has 0 amide bonds. The van der Waals surface area contributed by atoms with Gasteiger partial charge in [-0.2, -0.15) is 0 Å². The van der Waals surface area contributed by atoms with Gasteiger partial charge in [0.25, 0.3) is 0 Å². The molecule has 1 atom stereocenters. The smallest absolute Gasteiger partial charge is 0.303 e. The minimum absolute atomic E-state index is 0.118. The summed E-state index contributed by atoms with van der Waals surface area (Å²) in [6.45, 7) is 1.24. The van der Waals surface area contributed by atoms with Gasteiger partial charge in [-0.1, -0.05) is 23.2 Å². The van der Waals surface area contributed by atoms with E-state index < -0.39 is 16.4 Å². The second-order valence-electron chi connectivity index (χ2n) is 2.35. The van der Waals surface area contributed by atoms with Crippen molar-refractivity contribution in [2.75, 3.05) is 0 Å². The average Bonchev–Trinajstić information content (AvgIpc) is 1.87. The van der Waals surface area contributed by atoms with Crippen molar-refractivity contribution in [2.24, 2.45) is 0 Å². The Morgan fingerprint density at radius 1 is 1.73 bits per heavy atom. The topological polar surface area (TPSA) is 43.4 Å². The van der Waals surface area contributed by atoms with Gasteiger partial charge in [0.1, 0.15) is 6.10 Å².